The van der Waals surface area contributed by atoms with E-state index in [4.69, 9.17) is 4.74 Å². The van der Waals surface area contributed by atoms with Crippen LogP contribution < -0.4 is 4.74 Å². The van der Waals surface area contributed by atoms with Crippen LogP contribution in [0.2, 0.25) is 0 Å². The minimum absolute atomic E-state index is 0.0734. The second kappa shape index (κ2) is 6.29. The molecule has 20 heavy (non-hydrogen) atoms. The van der Waals surface area contributed by atoms with Crippen molar-refractivity contribution >= 4 is 5.97 Å². The number of methoxy groups -OCH3 is 1. The smallest absolute Gasteiger partial charge is 0.307 e. The molecule has 0 amide bonds. The van der Waals surface area contributed by atoms with E-state index >= 15 is 0 Å². The first-order valence-corrected chi connectivity index (χ1v) is 7.43. The average Bonchev–Trinajstić information content (AvgIpc) is 2.67. The van der Waals surface area contributed by atoms with Gasteiger partial charge in [0.25, 0.3) is 0 Å². The van der Waals surface area contributed by atoms with Gasteiger partial charge in [0.15, 0.2) is 0 Å². The molecule has 2 atom stereocenters. The van der Waals surface area contributed by atoms with E-state index in [0.717, 1.165) is 49.0 Å². The molecule has 2 unspecified atom stereocenters. The Morgan fingerprint density at radius 3 is 2.55 bits per heavy atom. The maximum absolute atomic E-state index is 11.6. The molecule has 2 rings (SSSR count). The minimum Gasteiger partial charge on any atom is -0.496 e. The highest BCUT2D eigenvalue weighted by atomic mass is 16.5. The van der Waals surface area contributed by atoms with Crippen LogP contribution >= 0.6 is 0 Å². The van der Waals surface area contributed by atoms with Gasteiger partial charge in [-0.05, 0) is 43.4 Å². The summed E-state index contributed by atoms with van der Waals surface area (Å²) in [5, 5.41) is 9.54. The van der Waals surface area contributed by atoms with E-state index in [9.17, 15) is 9.90 Å². The quantitative estimate of drug-likeness (QED) is 0.847. The van der Waals surface area contributed by atoms with Crippen molar-refractivity contribution in [3.63, 3.8) is 0 Å². The predicted molar refractivity (Wildman–Crippen MR) is 79.4 cm³/mol. The number of hydrogen-bond acceptors (Lipinski definition) is 2. The van der Waals surface area contributed by atoms with Gasteiger partial charge in [-0.15, -0.1) is 0 Å². The summed E-state index contributed by atoms with van der Waals surface area (Å²) in [5.74, 6) is -0.00177. The molecule has 1 aliphatic rings. The summed E-state index contributed by atoms with van der Waals surface area (Å²) in [4.78, 5) is 11.6. The zero-order chi connectivity index (χ0) is 14.7. The first kappa shape index (κ1) is 14.9. The van der Waals surface area contributed by atoms with Crippen molar-refractivity contribution in [3.8, 4) is 5.75 Å². The Morgan fingerprint density at radius 1 is 1.20 bits per heavy atom. The lowest BCUT2D eigenvalue weighted by Gasteiger charge is -2.25. The normalized spacial score (nSPS) is 23.1. The van der Waals surface area contributed by atoms with Gasteiger partial charge in [0.2, 0.25) is 0 Å². The molecule has 1 aromatic rings. The van der Waals surface area contributed by atoms with Crippen molar-refractivity contribution in [2.45, 2.75) is 51.9 Å². The first-order valence-electron chi connectivity index (χ1n) is 7.43. The van der Waals surface area contributed by atoms with E-state index in [1.54, 1.807) is 7.11 Å². The van der Waals surface area contributed by atoms with Crippen molar-refractivity contribution in [3.05, 3.63) is 28.8 Å². The van der Waals surface area contributed by atoms with Crippen LogP contribution in [-0.2, 0) is 4.79 Å². The second-order valence-corrected chi connectivity index (χ2v) is 5.82. The van der Waals surface area contributed by atoms with Crippen molar-refractivity contribution in [2.24, 2.45) is 5.92 Å². The Morgan fingerprint density at radius 2 is 1.90 bits per heavy atom. The molecule has 0 spiro atoms. The zero-order valence-electron chi connectivity index (χ0n) is 12.6. The highest BCUT2D eigenvalue weighted by molar-refractivity contribution is 5.72. The van der Waals surface area contributed by atoms with Gasteiger partial charge in [0, 0.05) is 5.92 Å². The summed E-state index contributed by atoms with van der Waals surface area (Å²) in [6.45, 7) is 4.10. The van der Waals surface area contributed by atoms with Gasteiger partial charge in [0.05, 0.1) is 13.0 Å². The molecule has 1 saturated carbocycles. The molecule has 0 radical (unpaired) electrons. The van der Waals surface area contributed by atoms with E-state index in [0.29, 0.717) is 0 Å². The van der Waals surface area contributed by atoms with Crippen molar-refractivity contribution in [1.82, 2.24) is 0 Å². The number of aliphatic carboxylic acids is 1. The summed E-state index contributed by atoms with van der Waals surface area (Å²) in [7, 11) is 1.68. The fourth-order valence-electron chi connectivity index (χ4n) is 3.35. The molecule has 0 bridgehead atoms. The number of carbonyl (C=O) groups is 1. The number of carboxylic acid groups (broad SMARTS) is 1. The van der Waals surface area contributed by atoms with Gasteiger partial charge in [0.1, 0.15) is 5.75 Å². The van der Waals surface area contributed by atoms with E-state index < -0.39 is 5.97 Å². The van der Waals surface area contributed by atoms with Crippen LogP contribution in [0.15, 0.2) is 12.1 Å². The number of ether oxygens (including phenoxy) is 1. The molecule has 3 heteroatoms. The van der Waals surface area contributed by atoms with Gasteiger partial charge in [-0.1, -0.05) is 31.4 Å². The Balaban J connectivity index is 2.46. The fraction of sp³-hybridized carbons (Fsp3) is 0.588. The summed E-state index contributed by atoms with van der Waals surface area (Å²) in [6, 6.07) is 4.14. The number of benzene rings is 1. The van der Waals surface area contributed by atoms with Crippen LogP contribution in [0, 0.1) is 19.8 Å². The number of carboxylic acids is 1. The molecular weight excluding hydrogens is 252 g/mol. The SMILES string of the molecule is COc1c(C2CCCCCC2C(=O)O)ccc(C)c1C. The lowest BCUT2D eigenvalue weighted by atomic mass is 9.81. The molecule has 1 aromatic carbocycles. The van der Waals surface area contributed by atoms with E-state index in [-0.39, 0.29) is 11.8 Å². The minimum atomic E-state index is -0.669. The molecule has 0 heterocycles. The van der Waals surface area contributed by atoms with Gasteiger partial charge in [-0.25, -0.2) is 0 Å². The Bertz CT molecular complexity index is 493. The molecule has 1 aliphatic carbocycles. The largest absolute Gasteiger partial charge is 0.496 e. The average molecular weight is 276 g/mol. The second-order valence-electron chi connectivity index (χ2n) is 5.82. The summed E-state index contributed by atoms with van der Waals surface area (Å²) < 4.78 is 5.59. The predicted octanol–water partition coefficient (Wildman–Crippen LogP) is 4.06. The van der Waals surface area contributed by atoms with Gasteiger partial charge in [-0.3, -0.25) is 4.79 Å². The standard InChI is InChI=1S/C17H24O3/c1-11-9-10-14(16(20-3)12(11)2)13-7-5-4-6-8-15(13)17(18)19/h9-10,13,15H,4-8H2,1-3H3,(H,18,19). The summed E-state index contributed by atoms with van der Waals surface area (Å²) >= 11 is 0. The third kappa shape index (κ3) is 2.82. The maximum atomic E-state index is 11.6. The van der Waals surface area contributed by atoms with Crippen LogP contribution in [0.1, 0.15) is 54.7 Å². The van der Waals surface area contributed by atoms with Crippen LogP contribution in [0.5, 0.6) is 5.75 Å². The molecule has 0 aromatic heterocycles. The van der Waals surface area contributed by atoms with E-state index in [1.165, 1.54) is 5.56 Å². The topological polar surface area (TPSA) is 46.5 Å². The molecule has 1 N–H and O–H groups in total. The summed E-state index contributed by atoms with van der Waals surface area (Å²) in [6.07, 6.45) is 4.96. The van der Waals surface area contributed by atoms with Crippen LogP contribution in [-0.4, -0.2) is 18.2 Å². The number of rotatable bonds is 3. The van der Waals surface area contributed by atoms with Crippen molar-refractivity contribution in [2.75, 3.05) is 7.11 Å². The Hall–Kier alpha value is -1.51. The maximum Gasteiger partial charge on any atom is 0.307 e. The monoisotopic (exact) mass is 276 g/mol. The molecule has 0 saturated heterocycles. The van der Waals surface area contributed by atoms with Crippen molar-refractivity contribution < 1.29 is 14.6 Å². The molecular formula is C17H24O3. The highest BCUT2D eigenvalue weighted by Gasteiger charge is 2.32. The lowest BCUT2D eigenvalue weighted by molar-refractivity contribution is -0.142. The van der Waals surface area contributed by atoms with Crippen LogP contribution in [0.3, 0.4) is 0 Å². The van der Waals surface area contributed by atoms with Crippen LogP contribution in [0.4, 0.5) is 0 Å². The van der Waals surface area contributed by atoms with Gasteiger partial charge in [-0.2, -0.15) is 0 Å². The third-order valence-electron chi connectivity index (χ3n) is 4.64. The van der Waals surface area contributed by atoms with Gasteiger partial charge >= 0.3 is 5.97 Å². The molecule has 3 nitrogen and oxygen atoms in total. The van der Waals surface area contributed by atoms with E-state index in [2.05, 4.69) is 19.1 Å². The van der Waals surface area contributed by atoms with E-state index in [1.807, 2.05) is 6.92 Å². The first-order chi connectivity index (χ1) is 9.56. The molecule has 1 fully saturated rings. The van der Waals surface area contributed by atoms with Crippen LogP contribution in [0.25, 0.3) is 0 Å². The molecule has 0 aliphatic heterocycles. The third-order valence-corrected chi connectivity index (χ3v) is 4.64. The Labute approximate surface area is 121 Å². The zero-order valence-corrected chi connectivity index (χ0v) is 12.6. The lowest BCUT2D eigenvalue weighted by Crippen LogP contribution is -2.21. The number of hydrogen-bond donors (Lipinski definition) is 1. The van der Waals surface area contributed by atoms with Crippen molar-refractivity contribution in [1.29, 1.82) is 0 Å². The number of aryl methyl sites for hydroxylation is 1. The highest BCUT2D eigenvalue weighted by Crippen LogP contribution is 2.42. The van der Waals surface area contributed by atoms with Gasteiger partial charge < -0.3 is 9.84 Å². The Kier molecular flexibility index (Phi) is 4.69. The summed E-state index contributed by atoms with van der Waals surface area (Å²) in [5.41, 5.74) is 3.38. The molecule has 110 valence electrons. The fourth-order valence-corrected chi connectivity index (χ4v) is 3.35.